The molecule has 0 bridgehead atoms. The van der Waals surface area contributed by atoms with Gasteiger partial charge in [-0.1, -0.05) is 43.6 Å². The lowest BCUT2D eigenvalue weighted by atomic mass is 10.2. The van der Waals surface area contributed by atoms with Crippen molar-refractivity contribution in [3.8, 4) is 22.0 Å². The van der Waals surface area contributed by atoms with Crippen LogP contribution in [0.5, 0.6) is 0 Å². The van der Waals surface area contributed by atoms with Crippen molar-refractivity contribution in [2.75, 3.05) is 20.3 Å². The average molecular weight is 446 g/mol. The summed E-state index contributed by atoms with van der Waals surface area (Å²) in [5, 5.41) is 6.59. The normalized spacial score (nSPS) is 11.3. The number of methoxy groups -OCH3 is 1. The molecule has 0 saturated heterocycles. The Morgan fingerprint density at radius 2 is 2.10 bits per heavy atom. The maximum atomic E-state index is 12.8. The molecule has 3 rings (SSSR count). The highest BCUT2D eigenvalue weighted by Crippen LogP contribution is 2.34. The van der Waals surface area contributed by atoms with Crippen LogP contribution in [0.1, 0.15) is 36.3 Å². The second-order valence-electron chi connectivity index (χ2n) is 7.65. The number of carbonyl (C=O) groups is 1. The Kier molecular flexibility index (Phi) is 7.69. The standard InChI is InChI=1S/C23H28ClN3O2S/c1-15(2)13-25-22(28)18-12-21(27(16(18)3)10-7-11-29-4)20-14-30-23(26-20)17-8-5-6-9-19(17)24/h5-6,8-9,12,14-15H,7,10-11,13H2,1-4H3,(H,25,28). The number of hydrogen-bond donors (Lipinski definition) is 1. The molecule has 0 aliphatic heterocycles. The van der Waals surface area contributed by atoms with E-state index in [2.05, 4.69) is 23.7 Å². The SMILES string of the molecule is COCCCn1c(-c2csc(-c3ccccc3Cl)n2)cc(C(=O)NCC(C)C)c1C. The van der Waals surface area contributed by atoms with Gasteiger partial charge in [-0.25, -0.2) is 4.98 Å². The summed E-state index contributed by atoms with van der Waals surface area (Å²) in [6.07, 6.45) is 0.855. The molecule has 0 aliphatic rings. The van der Waals surface area contributed by atoms with Crippen molar-refractivity contribution in [1.82, 2.24) is 14.9 Å². The topological polar surface area (TPSA) is 56.2 Å². The second kappa shape index (κ2) is 10.2. The fourth-order valence-corrected chi connectivity index (χ4v) is 4.42. The lowest BCUT2D eigenvalue weighted by Gasteiger charge is -2.11. The van der Waals surface area contributed by atoms with E-state index < -0.39 is 0 Å². The molecule has 0 saturated carbocycles. The molecule has 1 amide bonds. The quantitative estimate of drug-likeness (QED) is 0.432. The van der Waals surface area contributed by atoms with E-state index in [9.17, 15) is 4.79 Å². The van der Waals surface area contributed by atoms with Crippen LogP contribution in [0.4, 0.5) is 0 Å². The molecule has 2 aromatic heterocycles. The summed E-state index contributed by atoms with van der Waals surface area (Å²) in [6.45, 7) is 8.22. The summed E-state index contributed by atoms with van der Waals surface area (Å²) in [6, 6.07) is 9.65. The van der Waals surface area contributed by atoms with Crippen molar-refractivity contribution >= 4 is 28.8 Å². The molecule has 0 unspecified atom stereocenters. The zero-order chi connectivity index (χ0) is 21.7. The van der Waals surface area contributed by atoms with Crippen LogP contribution in [0.2, 0.25) is 5.02 Å². The van der Waals surface area contributed by atoms with Gasteiger partial charge in [-0.05, 0) is 31.4 Å². The summed E-state index contributed by atoms with van der Waals surface area (Å²) in [5.41, 5.74) is 4.33. The lowest BCUT2D eigenvalue weighted by molar-refractivity contribution is 0.0948. The predicted octanol–water partition coefficient (Wildman–Crippen LogP) is 5.66. The Morgan fingerprint density at radius 3 is 2.80 bits per heavy atom. The monoisotopic (exact) mass is 445 g/mol. The number of hydrogen-bond acceptors (Lipinski definition) is 4. The molecule has 0 spiro atoms. The second-order valence-corrected chi connectivity index (χ2v) is 8.91. The first kappa shape index (κ1) is 22.5. The van der Waals surface area contributed by atoms with Gasteiger partial charge in [-0.15, -0.1) is 11.3 Å². The Bertz CT molecular complexity index is 1010. The molecule has 0 fully saturated rings. The molecular formula is C23H28ClN3O2S. The van der Waals surface area contributed by atoms with E-state index in [0.717, 1.165) is 40.6 Å². The van der Waals surface area contributed by atoms with Crippen LogP contribution in [-0.4, -0.2) is 35.7 Å². The third-order valence-electron chi connectivity index (χ3n) is 4.88. The maximum absolute atomic E-state index is 12.8. The number of rotatable bonds is 9. The molecule has 5 nitrogen and oxygen atoms in total. The van der Waals surface area contributed by atoms with Crippen LogP contribution in [0, 0.1) is 12.8 Å². The Morgan fingerprint density at radius 1 is 1.33 bits per heavy atom. The molecule has 0 aliphatic carbocycles. The van der Waals surface area contributed by atoms with Crippen molar-refractivity contribution in [2.24, 2.45) is 5.92 Å². The summed E-state index contributed by atoms with van der Waals surface area (Å²) in [7, 11) is 1.70. The number of nitrogens with one attached hydrogen (secondary N) is 1. The van der Waals surface area contributed by atoms with E-state index in [1.807, 2.05) is 42.6 Å². The third-order valence-corrected chi connectivity index (χ3v) is 6.09. The Hall–Kier alpha value is -2.15. The lowest BCUT2D eigenvalue weighted by Crippen LogP contribution is -2.27. The number of amides is 1. The number of nitrogens with zero attached hydrogens (tertiary/aromatic N) is 2. The molecule has 0 atom stereocenters. The van der Waals surface area contributed by atoms with Crippen molar-refractivity contribution in [1.29, 1.82) is 0 Å². The first-order valence-corrected chi connectivity index (χ1v) is 11.4. The van der Waals surface area contributed by atoms with Gasteiger partial charge in [0.15, 0.2) is 0 Å². The van der Waals surface area contributed by atoms with Gasteiger partial charge in [-0.3, -0.25) is 4.79 Å². The van der Waals surface area contributed by atoms with Crippen LogP contribution in [0.15, 0.2) is 35.7 Å². The van der Waals surface area contributed by atoms with Gasteiger partial charge >= 0.3 is 0 Å². The Balaban J connectivity index is 1.97. The zero-order valence-electron chi connectivity index (χ0n) is 17.9. The van der Waals surface area contributed by atoms with Crippen LogP contribution < -0.4 is 5.32 Å². The van der Waals surface area contributed by atoms with Crippen molar-refractivity contribution in [2.45, 2.75) is 33.7 Å². The van der Waals surface area contributed by atoms with E-state index in [1.54, 1.807) is 18.4 Å². The molecule has 1 aromatic carbocycles. The minimum atomic E-state index is -0.0468. The van der Waals surface area contributed by atoms with Gasteiger partial charge < -0.3 is 14.6 Å². The number of halogens is 1. The minimum Gasteiger partial charge on any atom is -0.385 e. The molecule has 7 heteroatoms. The van der Waals surface area contributed by atoms with Gasteiger partial charge in [0.05, 0.1) is 22.0 Å². The number of ether oxygens (including phenoxy) is 1. The molecule has 3 aromatic rings. The van der Waals surface area contributed by atoms with E-state index in [-0.39, 0.29) is 5.91 Å². The molecule has 1 N–H and O–H groups in total. The molecule has 160 valence electrons. The van der Waals surface area contributed by atoms with E-state index >= 15 is 0 Å². The average Bonchev–Trinajstić information content (AvgIpc) is 3.32. The van der Waals surface area contributed by atoms with Crippen LogP contribution in [0.3, 0.4) is 0 Å². The summed E-state index contributed by atoms with van der Waals surface area (Å²) in [5.74, 6) is 0.351. The minimum absolute atomic E-state index is 0.0468. The smallest absolute Gasteiger partial charge is 0.253 e. The highest BCUT2D eigenvalue weighted by molar-refractivity contribution is 7.13. The van der Waals surface area contributed by atoms with Crippen LogP contribution >= 0.6 is 22.9 Å². The summed E-state index contributed by atoms with van der Waals surface area (Å²) >= 11 is 7.91. The molecule has 2 heterocycles. The van der Waals surface area contributed by atoms with Gasteiger partial charge in [0.2, 0.25) is 0 Å². The van der Waals surface area contributed by atoms with Gasteiger partial charge in [0, 0.05) is 43.4 Å². The number of benzene rings is 1. The van der Waals surface area contributed by atoms with Gasteiger partial charge in [0.1, 0.15) is 5.01 Å². The zero-order valence-corrected chi connectivity index (χ0v) is 19.4. The first-order valence-electron chi connectivity index (χ1n) is 10.1. The van der Waals surface area contributed by atoms with Crippen LogP contribution in [-0.2, 0) is 11.3 Å². The molecule has 30 heavy (non-hydrogen) atoms. The maximum Gasteiger partial charge on any atom is 0.253 e. The third kappa shape index (κ3) is 5.12. The number of thiazole rings is 1. The highest BCUT2D eigenvalue weighted by Gasteiger charge is 2.20. The first-order chi connectivity index (χ1) is 14.4. The van der Waals surface area contributed by atoms with Crippen molar-refractivity contribution < 1.29 is 9.53 Å². The number of carbonyl (C=O) groups excluding carboxylic acids is 1. The summed E-state index contributed by atoms with van der Waals surface area (Å²) in [4.78, 5) is 17.6. The fraction of sp³-hybridized carbons (Fsp3) is 0.391. The number of aromatic nitrogens is 2. The molecular weight excluding hydrogens is 418 g/mol. The Labute approximate surface area is 187 Å². The largest absolute Gasteiger partial charge is 0.385 e. The highest BCUT2D eigenvalue weighted by atomic mass is 35.5. The predicted molar refractivity (Wildman–Crippen MR) is 124 cm³/mol. The van der Waals surface area contributed by atoms with Crippen molar-refractivity contribution in [3.63, 3.8) is 0 Å². The summed E-state index contributed by atoms with van der Waals surface area (Å²) < 4.78 is 7.38. The van der Waals surface area contributed by atoms with Crippen molar-refractivity contribution in [3.05, 3.63) is 52.0 Å². The fourth-order valence-electron chi connectivity index (χ4n) is 3.28. The van der Waals surface area contributed by atoms with E-state index in [1.165, 1.54) is 0 Å². The van der Waals surface area contributed by atoms with Gasteiger partial charge in [0.25, 0.3) is 5.91 Å². The van der Waals surface area contributed by atoms with E-state index in [0.29, 0.717) is 29.7 Å². The van der Waals surface area contributed by atoms with E-state index in [4.69, 9.17) is 21.3 Å². The van der Waals surface area contributed by atoms with Crippen LogP contribution in [0.25, 0.3) is 22.0 Å². The molecule has 0 radical (unpaired) electrons. The van der Waals surface area contributed by atoms with Gasteiger partial charge in [-0.2, -0.15) is 0 Å².